The average molecular weight is 366 g/mol. The van der Waals surface area contributed by atoms with Crippen LogP contribution in [-0.4, -0.2) is 38.3 Å². The topological polar surface area (TPSA) is 72.1 Å². The number of aliphatic imine (C=N–C) groups is 1. The first-order valence-electron chi connectivity index (χ1n) is 9.52. The van der Waals surface area contributed by atoms with Crippen molar-refractivity contribution in [1.82, 2.24) is 0 Å². The number of hydrogen-bond acceptors (Lipinski definition) is 4. The summed E-state index contributed by atoms with van der Waals surface area (Å²) in [5.74, 6) is 1.92. The van der Waals surface area contributed by atoms with Gasteiger partial charge in [-0.05, 0) is 37.1 Å². The van der Waals surface area contributed by atoms with Crippen LogP contribution in [0.4, 0.5) is 11.4 Å². The Hall–Kier alpha value is -2.89. The Bertz CT molecular complexity index is 837. The van der Waals surface area contributed by atoms with E-state index in [-0.39, 0.29) is 6.04 Å². The van der Waals surface area contributed by atoms with E-state index in [1.807, 2.05) is 18.2 Å². The summed E-state index contributed by atoms with van der Waals surface area (Å²) in [6.45, 7) is 5.20. The number of ether oxygens (including phenoxy) is 2. The van der Waals surface area contributed by atoms with Crippen LogP contribution in [0, 0.1) is 0 Å². The summed E-state index contributed by atoms with van der Waals surface area (Å²) in [6, 6.07) is 14.6. The van der Waals surface area contributed by atoms with Crippen LogP contribution in [-0.2, 0) is 6.42 Å². The molecule has 1 unspecified atom stereocenters. The fraction of sp³-hybridized carbons (Fsp3) is 0.381. The highest BCUT2D eigenvalue weighted by atomic mass is 16.5. The average Bonchev–Trinajstić information content (AvgIpc) is 2.97. The van der Waals surface area contributed by atoms with Crippen LogP contribution in [0.5, 0.6) is 11.5 Å². The number of fused-ring (bicyclic) bond motifs is 2. The van der Waals surface area contributed by atoms with Crippen LogP contribution in [0.15, 0.2) is 47.5 Å². The van der Waals surface area contributed by atoms with E-state index < -0.39 is 0 Å². The molecule has 142 valence electrons. The molecule has 0 saturated carbocycles. The molecule has 0 bridgehead atoms. The Balaban J connectivity index is 1.38. The van der Waals surface area contributed by atoms with Crippen molar-refractivity contribution < 1.29 is 9.47 Å². The number of nitrogens with two attached hydrogens (primary N) is 1. The first kappa shape index (κ1) is 17.5. The second-order valence-corrected chi connectivity index (χ2v) is 6.98. The van der Waals surface area contributed by atoms with Gasteiger partial charge in [0.15, 0.2) is 17.5 Å². The number of nitrogens with zero attached hydrogens (tertiary/aromatic N) is 2. The zero-order chi connectivity index (χ0) is 18.6. The van der Waals surface area contributed by atoms with Gasteiger partial charge in [-0.25, -0.2) is 0 Å². The maximum Gasteiger partial charge on any atom is 0.193 e. The molecule has 1 atom stereocenters. The molecule has 0 spiro atoms. The summed E-state index contributed by atoms with van der Waals surface area (Å²) in [7, 11) is 0. The second kappa shape index (κ2) is 7.78. The molecule has 2 aliphatic rings. The van der Waals surface area contributed by atoms with Gasteiger partial charge in [0.2, 0.25) is 0 Å². The number of rotatable bonds is 4. The van der Waals surface area contributed by atoms with Crippen molar-refractivity contribution in [3.05, 3.63) is 48.0 Å². The zero-order valence-electron chi connectivity index (χ0n) is 15.6. The number of guanidine groups is 1. The van der Waals surface area contributed by atoms with Gasteiger partial charge in [-0.3, -0.25) is 4.99 Å². The van der Waals surface area contributed by atoms with Crippen molar-refractivity contribution in [2.24, 2.45) is 10.7 Å². The minimum Gasteiger partial charge on any atom is -0.490 e. The monoisotopic (exact) mass is 366 g/mol. The Morgan fingerprint density at radius 1 is 1.19 bits per heavy atom. The lowest BCUT2D eigenvalue weighted by Crippen LogP contribution is -2.35. The molecule has 0 radical (unpaired) electrons. The molecule has 4 rings (SSSR count). The van der Waals surface area contributed by atoms with Crippen LogP contribution in [0.25, 0.3) is 0 Å². The van der Waals surface area contributed by atoms with Gasteiger partial charge in [-0.2, -0.15) is 0 Å². The maximum atomic E-state index is 6.10. The van der Waals surface area contributed by atoms with E-state index in [4.69, 9.17) is 15.2 Å². The van der Waals surface area contributed by atoms with E-state index in [0.717, 1.165) is 36.6 Å². The van der Waals surface area contributed by atoms with Gasteiger partial charge in [-0.15, -0.1) is 0 Å². The normalized spacial score (nSPS) is 17.2. The minimum absolute atomic E-state index is 0.290. The van der Waals surface area contributed by atoms with E-state index >= 15 is 0 Å². The van der Waals surface area contributed by atoms with Crippen LogP contribution in [0.1, 0.15) is 18.9 Å². The van der Waals surface area contributed by atoms with Crippen molar-refractivity contribution in [2.45, 2.75) is 25.8 Å². The predicted molar refractivity (Wildman–Crippen MR) is 109 cm³/mol. The van der Waals surface area contributed by atoms with Crippen LogP contribution < -0.4 is 25.4 Å². The molecule has 2 heterocycles. The number of para-hydroxylation sites is 1. The third-order valence-corrected chi connectivity index (χ3v) is 5.00. The van der Waals surface area contributed by atoms with E-state index in [0.29, 0.717) is 25.7 Å². The Labute approximate surface area is 160 Å². The summed E-state index contributed by atoms with van der Waals surface area (Å²) >= 11 is 0. The summed E-state index contributed by atoms with van der Waals surface area (Å²) in [5, 5.41) is 3.15. The van der Waals surface area contributed by atoms with Gasteiger partial charge in [0.05, 0.1) is 19.8 Å². The lowest BCUT2D eigenvalue weighted by molar-refractivity contribution is 0.297. The number of hydrogen-bond donors (Lipinski definition) is 2. The second-order valence-electron chi connectivity index (χ2n) is 6.98. The number of anilines is 2. The summed E-state index contributed by atoms with van der Waals surface area (Å²) < 4.78 is 11.4. The first-order chi connectivity index (χ1) is 13.2. The molecule has 0 fully saturated rings. The molecule has 2 aromatic carbocycles. The summed E-state index contributed by atoms with van der Waals surface area (Å²) in [5.41, 5.74) is 9.67. The molecule has 0 aliphatic carbocycles. The summed E-state index contributed by atoms with van der Waals surface area (Å²) in [6.07, 6.45) is 1.98. The van der Waals surface area contributed by atoms with E-state index in [9.17, 15) is 0 Å². The molecule has 6 nitrogen and oxygen atoms in total. The van der Waals surface area contributed by atoms with Crippen LogP contribution in [0.2, 0.25) is 0 Å². The minimum atomic E-state index is 0.290. The molecular weight excluding hydrogens is 340 g/mol. The van der Waals surface area contributed by atoms with Crippen molar-refractivity contribution in [3.8, 4) is 11.5 Å². The van der Waals surface area contributed by atoms with E-state index in [2.05, 4.69) is 46.4 Å². The number of nitrogens with one attached hydrogen (secondary N) is 1. The maximum absolute atomic E-state index is 6.10. The van der Waals surface area contributed by atoms with Gasteiger partial charge < -0.3 is 25.4 Å². The number of benzene rings is 2. The molecule has 6 heteroatoms. The highest BCUT2D eigenvalue weighted by Crippen LogP contribution is 2.32. The lowest BCUT2D eigenvalue weighted by atomic mass is 10.2. The van der Waals surface area contributed by atoms with Gasteiger partial charge in [0, 0.05) is 36.4 Å². The molecule has 3 N–H and O–H groups in total. The molecule has 2 aromatic rings. The first-order valence-corrected chi connectivity index (χ1v) is 9.52. The van der Waals surface area contributed by atoms with Crippen molar-refractivity contribution >= 4 is 17.3 Å². The molecule has 2 aliphatic heterocycles. The van der Waals surface area contributed by atoms with Crippen molar-refractivity contribution in [1.29, 1.82) is 0 Å². The Kier molecular flexibility index (Phi) is 5.05. The predicted octanol–water partition coefficient (Wildman–Crippen LogP) is 3.03. The van der Waals surface area contributed by atoms with Crippen molar-refractivity contribution in [3.63, 3.8) is 0 Å². The van der Waals surface area contributed by atoms with Gasteiger partial charge >= 0.3 is 0 Å². The smallest absolute Gasteiger partial charge is 0.193 e. The van der Waals surface area contributed by atoms with E-state index in [1.165, 1.54) is 11.3 Å². The molecule has 0 aromatic heterocycles. The highest BCUT2D eigenvalue weighted by molar-refractivity contribution is 5.92. The lowest BCUT2D eigenvalue weighted by Gasteiger charge is -2.26. The standard InChI is InChI=1S/C21H26N4O2/c1-15(25-10-9-16-5-2-3-6-18(16)25)14-23-21(22)24-17-7-8-19-20(13-17)27-12-4-11-26-19/h2-3,5-8,13,15H,4,9-12,14H2,1H3,(H3,22,23,24). The fourth-order valence-electron chi connectivity index (χ4n) is 3.58. The van der Waals surface area contributed by atoms with Gasteiger partial charge in [0.25, 0.3) is 0 Å². The van der Waals surface area contributed by atoms with Crippen LogP contribution >= 0.6 is 0 Å². The largest absolute Gasteiger partial charge is 0.490 e. The fourth-order valence-corrected chi connectivity index (χ4v) is 3.58. The molecule has 0 amide bonds. The van der Waals surface area contributed by atoms with Crippen molar-refractivity contribution in [2.75, 3.05) is 36.5 Å². The van der Waals surface area contributed by atoms with Gasteiger partial charge in [0.1, 0.15) is 0 Å². The SMILES string of the molecule is CC(CN=C(N)Nc1ccc2c(c1)OCCCO2)N1CCc2ccccc21. The highest BCUT2D eigenvalue weighted by Gasteiger charge is 2.22. The summed E-state index contributed by atoms with van der Waals surface area (Å²) in [4.78, 5) is 6.94. The third-order valence-electron chi connectivity index (χ3n) is 5.00. The third kappa shape index (κ3) is 3.94. The van der Waals surface area contributed by atoms with E-state index in [1.54, 1.807) is 0 Å². The molecular formula is C21H26N4O2. The molecule has 27 heavy (non-hydrogen) atoms. The van der Waals surface area contributed by atoms with Crippen LogP contribution in [0.3, 0.4) is 0 Å². The molecule has 0 saturated heterocycles. The quantitative estimate of drug-likeness (QED) is 0.643. The Morgan fingerprint density at radius 2 is 2.00 bits per heavy atom. The Morgan fingerprint density at radius 3 is 2.89 bits per heavy atom. The zero-order valence-corrected chi connectivity index (χ0v) is 15.6. The van der Waals surface area contributed by atoms with Gasteiger partial charge in [-0.1, -0.05) is 18.2 Å².